The van der Waals surface area contributed by atoms with Gasteiger partial charge in [0.05, 0.1) is 30.1 Å². The first-order valence-electron chi connectivity index (χ1n) is 6.79. The van der Waals surface area contributed by atoms with Crippen LogP contribution in [0.5, 0.6) is 0 Å². The van der Waals surface area contributed by atoms with Crippen molar-refractivity contribution in [3.8, 4) is 0 Å². The van der Waals surface area contributed by atoms with E-state index in [1.54, 1.807) is 25.3 Å². The van der Waals surface area contributed by atoms with Gasteiger partial charge in [0.15, 0.2) is 0 Å². The number of aliphatic imine (C=N–C) groups is 1. The first kappa shape index (κ1) is 16.2. The molecule has 0 bridgehead atoms. The molecule has 0 radical (unpaired) electrons. The number of esters is 1. The van der Waals surface area contributed by atoms with E-state index in [1.165, 1.54) is 25.5 Å². The van der Waals surface area contributed by atoms with Crippen LogP contribution in [0.15, 0.2) is 47.7 Å². The molecule has 0 saturated carbocycles. The minimum atomic E-state index is -0.565. The van der Waals surface area contributed by atoms with Crippen LogP contribution in [0.1, 0.15) is 17.3 Å². The number of carbonyl (C=O) groups excluding carboxylic acids is 2. The molecule has 2 aromatic rings. The summed E-state index contributed by atoms with van der Waals surface area (Å²) in [6.07, 6.45) is 6.03. The Morgan fingerprint density at radius 2 is 2.22 bits per heavy atom. The molecule has 0 fully saturated rings. The average Bonchev–Trinajstić information content (AvgIpc) is 3.00. The molecule has 0 unspecified atom stereocenters. The summed E-state index contributed by atoms with van der Waals surface area (Å²) in [4.78, 5) is 28.2. The van der Waals surface area contributed by atoms with Gasteiger partial charge in [-0.05, 0) is 25.1 Å². The fraction of sp³-hybridized carbons (Fsp3) is 0.125. The maximum atomic E-state index is 12.3. The lowest BCUT2D eigenvalue weighted by Crippen LogP contribution is -2.16. The number of H-pyrrole nitrogens is 1. The third-order valence-electron chi connectivity index (χ3n) is 3.01. The molecule has 2 N–H and O–H groups in total. The van der Waals surface area contributed by atoms with Gasteiger partial charge in [-0.2, -0.15) is 5.10 Å². The zero-order valence-electron chi connectivity index (χ0n) is 12.8. The molecule has 0 atom stereocenters. The molecule has 0 aliphatic carbocycles. The molecule has 0 saturated heterocycles. The van der Waals surface area contributed by atoms with Gasteiger partial charge in [-0.3, -0.25) is 14.9 Å². The number of methoxy groups -OCH3 is 1. The number of aromatic amines is 1. The normalized spacial score (nSPS) is 11.7. The van der Waals surface area contributed by atoms with Crippen LogP contribution in [-0.4, -0.2) is 35.4 Å². The Morgan fingerprint density at radius 1 is 1.43 bits per heavy atom. The van der Waals surface area contributed by atoms with Gasteiger partial charge in [0.25, 0.3) is 5.91 Å². The van der Waals surface area contributed by atoms with Crippen LogP contribution in [0, 0.1) is 0 Å². The second-order valence-corrected chi connectivity index (χ2v) is 4.48. The topological polar surface area (TPSA) is 96.4 Å². The minimum Gasteiger partial charge on any atom is -0.465 e. The van der Waals surface area contributed by atoms with Crippen molar-refractivity contribution in [2.24, 2.45) is 4.99 Å². The molecular weight excluding hydrogens is 296 g/mol. The van der Waals surface area contributed by atoms with Crippen LogP contribution in [0.3, 0.4) is 0 Å². The van der Waals surface area contributed by atoms with E-state index in [-0.39, 0.29) is 11.3 Å². The number of nitrogens with zero attached hydrogens (tertiary/aromatic N) is 2. The first-order valence-corrected chi connectivity index (χ1v) is 6.79. The zero-order valence-corrected chi connectivity index (χ0v) is 12.8. The zero-order chi connectivity index (χ0) is 16.8. The van der Waals surface area contributed by atoms with Gasteiger partial charge in [0.1, 0.15) is 5.70 Å². The van der Waals surface area contributed by atoms with Gasteiger partial charge < -0.3 is 10.1 Å². The number of nitrogens with one attached hydrogen (secondary N) is 2. The van der Waals surface area contributed by atoms with Crippen molar-refractivity contribution < 1.29 is 14.3 Å². The Labute approximate surface area is 132 Å². The van der Waals surface area contributed by atoms with Crippen molar-refractivity contribution in [3.63, 3.8) is 0 Å². The van der Waals surface area contributed by atoms with Crippen molar-refractivity contribution >= 4 is 34.7 Å². The van der Waals surface area contributed by atoms with Crippen LogP contribution >= 0.6 is 0 Å². The molecule has 0 aliphatic heterocycles. The number of amides is 1. The van der Waals surface area contributed by atoms with Crippen LogP contribution in [-0.2, 0) is 9.53 Å². The number of benzene rings is 1. The third-order valence-corrected chi connectivity index (χ3v) is 3.01. The lowest BCUT2D eigenvalue weighted by molar-refractivity contribution is -0.112. The van der Waals surface area contributed by atoms with Gasteiger partial charge in [0.2, 0.25) is 0 Å². The standard InChI is InChI=1S/C16H16N4O3/c1-4-6-12(17-5-2)15(21)19-14-7-10-9-18-20-13(10)8-11(14)16(22)23-3/h4-9H,1H2,2-3H3,(H,18,20)(H,19,21)/b12-6-,17-5?. The van der Waals surface area contributed by atoms with Crippen molar-refractivity contribution in [1.82, 2.24) is 10.2 Å². The summed E-state index contributed by atoms with van der Waals surface area (Å²) in [7, 11) is 1.27. The predicted octanol–water partition coefficient (Wildman–Crippen LogP) is 2.45. The van der Waals surface area contributed by atoms with Crippen LogP contribution in [0.2, 0.25) is 0 Å². The van der Waals surface area contributed by atoms with Gasteiger partial charge in [-0.25, -0.2) is 4.79 Å². The fourth-order valence-corrected chi connectivity index (χ4v) is 1.99. The number of aromatic nitrogens is 2. The quantitative estimate of drug-likeness (QED) is 0.383. The average molecular weight is 312 g/mol. The van der Waals surface area contributed by atoms with Gasteiger partial charge in [-0.1, -0.05) is 12.7 Å². The van der Waals surface area contributed by atoms with E-state index >= 15 is 0 Å². The summed E-state index contributed by atoms with van der Waals surface area (Å²) in [5.41, 5.74) is 1.37. The van der Waals surface area contributed by atoms with Crippen LogP contribution in [0.25, 0.3) is 10.9 Å². The third kappa shape index (κ3) is 3.52. The highest BCUT2D eigenvalue weighted by atomic mass is 16.5. The monoisotopic (exact) mass is 312 g/mol. The Balaban J connectivity index is 2.44. The molecule has 0 spiro atoms. The Kier molecular flexibility index (Phi) is 5.03. The van der Waals surface area contributed by atoms with Crippen molar-refractivity contribution in [1.29, 1.82) is 0 Å². The van der Waals surface area contributed by atoms with Crippen molar-refractivity contribution in [3.05, 3.63) is 48.3 Å². The molecular formula is C16H16N4O3. The van der Waals surface area contributed by atoms with E-state index in [1.807, 2.05) is 0 Å². The molecule has 1 amide bonds. The molecule has 23 heavy (non-hydrogen) atoms. The summed E-state index contributed by atoms with van der Waals surface area (Å²) in [5.74, 6) is -1.03. The smallest absolute Gasteiger partial charge is 0.340 e. The second kappa shape index (κ2) is 7.17. The lowest BCUT2D eigenvalue weighted by Gasteiger charge is -2.10. The molecule has 1 heterocycles. The highest BCUT2D eigenvalue weighted by Crippen LogP contribution is 2.24. The highest BCUT2D eigenvalue weighted by Gasteiger charge is 2.17. The van der Waals surface area contributed by atoms with Gasteiger partial charge in [0, 0.05) is 11.6 Å². The number of rotatable bonds is 5. The maximum Gasteiger partial charge on any atom is 0.340 e. The van der Waals surface area contributed by atoms with Crippen molar-refractivity contribution in [2.45, 2.75) is 6.92 Å². The summed E-state index contributed by atoms with van der Waals surface area (Å²) in [6.45, 7) is 5.24. The summed E-state index contributed by atoms with van der Waals surface area (Å²) in [6, 6.07) is 3.22. The molecule has 118 valence electrons. The van der Waals surface area contributed by atoms with E-state index in [0.29, 0.717) is 11.2 Å². The highest BCUT2D eigenvalue weighted by molar-refractivity contribution is 6.10. The summed E-state index contributed by atoms with van der Waals surface area (Å²) in [5, 5.41) is 10.1. The van der Waals surface area contributed by atoms with E-state index in [2.05, 4.69) is 27.1 Å². The molecule has 0 aliphatic rings. The van der Waals surface area contributed by atoms with Crippen LogP contribution < -0.4 is 5.32 Å². The number of allylic oxidation sites excluding steroid dienone is 2. The molecule has 2 rings (SSSR count). The number of ether oxygens (including phenoxy) is 1. The Hall–Kier alpha value is -3.22. The van der Waals surface area contributed by atoms with Crippen LogP contribution in [0.4, 0.5) is 5.69 Å². The fourth-order valence-electron chi connectivity index (χ4n) is 1.99. The second-order valence-electron chi connectivity index (χ2n) is 4.48. The predicted molar refractivity (Wildman–Crippen MR) is 88.5 cm³/mol. The minimum absolute atomic E-state index is 0.172. The lowest BCUT2D eigenvalue weighted by atomic mass is 10.1. The molecule has 1 aromatic heterocycles. The van der Waals surface area contributed by atoms with E-state index in [0.717, 1.165) is 5.39 Å². The van der Waals surface area contributed by atoms with E-state index in [9.17, 15) is 9.59 Å². The number of anilines is 1. The molecule has 7 nitrogen and oxygen atoms in total. The maximum absolute atomic E-state index is 12.3. The number of hydrogen-bond donors (Lipinski definition) is 2. The Morgan fingerprint density at radius 3 is 2.87 bits per heavy atom. The van der Waals surface area contributed by atoms with Gasteiger partial charge >= 0.3 is 5.97 Å². The SMILES string of the molecule is C=C/C=C(\N=CC)C(=O)Nc1cc2cn[nH]c2cc1C(=O)OC. The summed E-state index contributed by atoms with van der Waals surface area (Å²) < 4.78 is 4.75. The van der Waals surface area contributed by atoms with Crippen molar-refractivity contribution in [2.75, 3.05) is 12.4 Å². The Bertz CT molecular complexity index is 818. The molecule has 7 heteroatoms. The first-order chi connectivity index (χ1) is 11.1. The number of fused-ring (bicyclic) bond motifs is 1. The molecule has 1 aromatic carbocycles. The number of hydrogen-bond acceptors (Lipinski definition) is 5. The number of carbonyl (C=O) groups is 2. The summed E-state index contributed by atoms with van der Waals surface area (Å²) >= 11 is 0. The van der Waals surface area contributed by atoms with E-state index in [4.69, 9.17) is 4.74 Å². The van der Waals surface area contributed by atoms with E-state index < -0.39 is 11.9 Å². The largest absolute Gasteiger partial charge is 0.465 e. The van der Waals surface area contributed by atoms with Gasteiger partial charge in [-0.15, -0.1) is 0 Å².